The first-order valence-electron chi connectivity index (χ1n) is 5.29. The molecule has 16 heavy (non-hydrogen) atoms. The van der Waals surface area contributed by atoms with E-state index in [4.69, 9.17) is 10.6 Å². The summed E-state index contributed by atoms with van der Waals surface area (Å²) in [7, 11) is 5.67. The van der Waals surface area contributed by atoms with Gasteiger partial charge < -0.3 is 4.74 Å². The van der Waals surface area contributed by atoms with Gasteiger partial charge in [0.15, 0.2) is 0 Å². The van der Waals surface area contributed by atoms with E-state index in [1.165, 1.54) is 11.1 Å². The minimum Gasteiger partial charge on any atom is -0.496 e. The third-order valence-electron chi connectivity index (χ3n) is 2.97. The summed E-state index contributed by atoms with van der Waals surface area (Å²) in [6.07, 6.45) is 0.0182. The molecule has 90 valence electrons. The van der Waals surface area contributed by atoms with Crippen LogP contribution < -0.4 is 16.0 Å². The van der Waals surface area contributed by atoms with Crippen molar-refractivity contribution >= 4 is 0 Å². The van der Waals surface area contributed by atoms with Crippen molar-refractivity contribution in [2.75, 3.05) is 21.2 Å². The number of rotatable bonds is 4. The quantitative estimate of drug-likeness (QED) is 0.459. The summed E-state index contributed by atoms with van der Waals surface area (Å²) < 4.78 is 5.29. The van der Waals surface area contributed by atoms with Gasteiger partial charge in [-0.25, -0.2) is 5.43 Å². The Morgan fingerprint density at radius 3 is 2.31 bits per heavy atom. The molecular weight excluding hydrogens is 202 g/mol. The summed E-state index contributed by atoms with van der Waals surface area (Å²) in [5, 5.41) is 0. The first-order valence-corrected chi connectivity index (χ1v) is 5.29. The second-order valence-electron chi connectivity index (χ2n) is 4.14. The number of benzene rings is 1. The zero-order valence-electron chi connectivity index (χ0n) is 10.7. The highest BCUT2D eigenvalue weighted by Gasteiger charge is 2.16. The van der Waals surface area contributed by atoms with Crippen molar-refractivity contribution in [3.8, 4) is 5.75 Å². The number of nitrogens with two attached hydrogens (primary N) is 1. The maximum Gasteiger partial charge on any atom is 0.122 e. The Kier molecular flexibility index (Phi) is 4.29. The molecule has 0 radical (unpaired) electrons. The largest absolute Gasteiger partial charge is 0.496 e. The highest BCUT2D eigenvalue weighted by molar-refractivity contribution is 5.44. The molecule has 1 aromatic rings. The second kappa shape index (κ2) is 5.30. The fourth-order valence-electron chi connectivity index (χ4n) is 1.85. The molecule has 0 aliphatic rings. The van der Waals surface area contributed by atoms with E-state index in [-0.39, 0.29) is 6.17 Å². The fraction of sp³-hybridized carbons (Fsp3) is 0.500. The monoisotopic (exact) mass is 223 g/mol. The van der Waals surface area contributed by atoms with Crippen LogP contribution in [0.15, 0.2) is 12.1 Å². The van der Waals surface area contributed by atoms with Gasteiger partial charge in [0.2, 0.25) is 0 Å². The predicted octanol–water partition coefficient (Wildman–Crippen LogP) is 1.34. The number of hydrogen-bond donors (Lipinski definition) is 2. The van der Waals surface area contributed by atoms with Crippen LogP contribution in [0.4, 0.5) is 0 Å². The van der Waals surface area contributed by atoms with E-state index in [1.54, 1.807) is 7.11 Å². The fourth-order valence-corrected chi connectivity index (χ4v) is 1.85. The average Bonchev–Trinajstić information content (AvgIpc) is 2.25. The number of methoxy groups -OCH3 is 1. The van der Waals surface area contributed by atoms with Crippen LogP contribution in [0.5, 0.6) is 5.75 Å². The Bertz CT molecular complexity index is 364. The summed E-state index contributed by atoms with van der Waals surface area (Å²) in [6, 6.07) is 4.03. The van der Waals surface area contributed by atoms with E-state index in [2.05, 4.69) is 19.3 Å². The first kappa shape index (κ1) is 13.0. The van der Waals surface area contributed by atoms with Crippen molar-refractivity contribution in [3.05, 3.63) is 28.8 Å². The van der Waals surface area contributed by atoms with Gasteiger partial charge in [0, 0.05) is 0 Å². The molecule has 0 bridgehead atoms. The molecule has 0 saturated heterocycles. The van der Waals surface area contributed by atoms with Crippen LogP contribution in [0.1, 0.15) is 22.9 Å². The lowest BCUT2D eigenvalue weighted by Gasteiger charge is -2.26. The Hall–Kier alpha value is -1.10. The zero-order chi connectivity index (χ0) is 12.3. The van der Waals surface area contributed by atoms with E-state index in [1.807, 2.05) is 31.1 Å². The normalized spacial score (nSPS) is 12.9. The number of ether oxygens (including phenoxy) is 1. The molecule has 4 heteroatoms. The molecule has 1 rings (SSSR count). The predicted molar refractivity (Wildman–Crippen MR) is 66.2 cm³/mol. The van der Waals surface area contributed by atoms with Crippen LogP contribution in [-0.2, 0) is 0 Å². The van der Waals surface area contributed by atoms with Crippen molar-refractivity contribution in [2.45, 2.75) is 20.0 Å². The summed E-state index contributed by atoms with van der Waals surface area (Å²) >= 11 is 0. The van der Waals surface area contributed by atoms with Crippen molar-refractivity contribution in [2.24, 2.45) is 5.84 Å². The molecule has 0 saturated carbocycles. The van der Waals surface area contributed by atoms with Crippen molar-refractivity contribution < 1.29 is 4.74 Å². The maximum absolute atomic E-state index is 5.57. The molecule has 1 atom stereocenters. The second-order valence-corrected chi connectivity index (χ2v) is 4.14. The van der Waals surface area contributed by atoms with Crippen LogP contribution in [-0.4, -0.2) is 26.1 Å². The molecule has 1 unspecified atom stereocenters. The van der Waals surface area contributed by atoms with Gasteiger partial charge in [-0.05, 0) is 50.7 Å². The number of nitrogens with zero attached hydrogens (tertiary/aromatic N) is 1. The van der Waals surface area contributed by atoms with E-state index in [9.17, 15) is 0 Å². The third kappa shape index (κ3) is 2.35. The lowest BCUT2D eigenvalue weighted by atomic mass is 10.00. The van der Waals surface area contributed by atoms with E-state index in [0.29, 0.717) is 0 Å². The number of nitrogens with one attached hydrogen (secondary N) is 1. The molecule has 3 N–H and O–H groups in total. The van der Waals surface area contributed by atoms with Crippen LogP contribution in [0.25, 0.3) is 0 Å². The van der Waals surface area contributed by atoms with Crippen LogP contribution >= 0.6 is 0 Å². The summed E-state index contributed by atoms with van der Waals surface area (Å²) in [5.41, 5.74) is 6.34. The lowest BCUT2D eigenvalue weighted by molar-refractivity contribution is 0.251. The molecule has 0 heterocycles. The topological polar surface area (TPSA) is 50.5 Å². The van der Waals surface area contributed by atoms with Gasteiger partial charge in [-0.2, -0.15) is 0 Å². The molecule has 0 aliphatic carbocycles. The third-order valence-corrected chi connectivity index (χ3v) is 2.97. The first-order chi connectivity index (χ1) is 7.52. The summed E-state index contributed by atoms with van der Waals surface area (Å²) in [4.78, 5) is 2.04. The molecule has 1 aromatic carbocycles. The average molecular weight is 223 g/mol. The van der Waals surface area contributed by atoms with Crippen LogP contribution in [0, 0.1) is 13.8 Å². The van der Waals surface area contributed by atoms with Gasteiger partial charge in [0.05, 0.1) is 13.3 Å². The van der Waals surface area contributed by atoms with E-state index < -0.39 is 0 Å². The van der Waals surface area contributed by atoms with Crippen molar-refractivity contribution in [3.63, 3.8) is 0 Å². The smallest absolute Gasteiger partial charge is 0.122 e. The van der Waals surface area contributed by atoms with Gasteiger partial charge in [-0.15, -0.1) is 0 Å². The van der Waals surface area contributed by atoms with Crippen molar-refractivity contribution in [1.82, 2.24) is 10.3 Å². The molecule has 4 nitrogen and oxygen atoms in total. The standard InChI is InChI=1S/C12H21N3O/c1-8-9(2)11(16-5)7-6-10(8)12(14-13)15(3)4/h6-7,12,14H,13H2,1-5H3. The van der Waals surface area contributed by atoms with Gasteiger partial charge in [-0.1, -0.05) is 6.07 Å². The number of hydrogen-bond acceptors (Lipinski definition) is 4. The lowest BCUT2D eigenvalue weighted by Crippen LogP contribution is -2.38. The van der Waals surface area contributed by atoms with Crippen LogP contribution in [0.2, 0.25) is 0 Å². The highest BCUT2D eigenvalue weighted by atomic mass is 16.5. The Morgan fingerprint density at radius 2 is 1.88 bits per heavy atom. The zero-order valence-corrected chi connectivity index (χ0v) is 10.7. The molecular formula is C12H21N3O. The summed E-state index contributed by atoms with van der Waals surface area (Å²) in [5.74, 6) is 6.49. The Labute approximate surface area is 97.4 Å². The highest BCUT2D eigenvalue weighted by Crippen LogP contribution is 2.28. The molecule has 0 spiro atoms. The minimum absolute atomic E-state index is 0.0182. The van der Waals surface area contributed by atoms with Gasteiger partial charge >= 0.3 is 0 Å². The molecule has 0 amide bonds. The summed E-state index contributed by atoms with van der Waals surface area (Å²) in [6.45, 7) is 4.14. The Morgan fingerprint density at radius 1 is 1.25 bits per heavy atom. The van der Waals surface area contributed by atoms with Gasteiger partial charge in [0.25, 0.3) is 0 Å². The molecule has 0 aliphatic heterocycles. The Balaban J connectivity index is 3.20. The van der Waals surface area contributed by atoms with Gasteiger partial charge in [0.1, 0.15) is 5.75 Å². The SMILES string of the molecule is COc1ccc(C(NN)N(C)C)c(C)c1C. The maximum atomic E-state index is 5.57. The van der Waals surface area contributed by atoms with Crippen molar-refractivity contribution in [1.29, 1.82) is 0 Å². The van der Waals surface area contributed by atoms with E-state index >= 15 is 0 Å². The minimum atomic E-state index is 0.0182. The molecule has 0 aromatic heterocycles. The van der Waals surface area contributed by atoms with Crippen LogP contribution in [0.3, 0.4) is 0 Å². The van der Waals surface area contributed by atoms with E-state index in [0.717, 1.165) is 11.3 Å². The van der Waals surface area contributed by atoms with Gasteiger partial charge in [-0.3, -0.25) is 10.7 Å². The number of hydrazine groups is 1. The molecule has 0 fully saturated rings.